The van der Waals surface area contributed by atoms with Crippen LogP contribution in [0.25, 0.3) is 102 Å². The topological polar surface area (TPSA) is 43.6 Å². The first-order chi connectivity index (χ1) is 26.2. The van der Waals surface area contributed by atoms with Crippen molar-refractivity contribution >= 4 is 74.9 Å². The van der Waals surface area contributed by atoms with Crippen molar-refractivity contribution in [1.82, 2.24) is 19.5 Å². The number of hydrogen-bond acceptors (Lipinski definition) is 5. The highest BCUT2D eigenvalue weighted by Crippen LogP contribution is 2.39. The highest BCUT2D eigenvalue weighted by atomic mass is 32.1. The SMILES string of the molecule is c1ccc(-c2nc3c(-c4cccc(-c5nc(-c6ccc7c(c6)sc6ccccc67)cc(-n6c7ccccc7c7ccccc76)n5)c4)cccc3s2)cc1. The van der Waals surface area contributed by atoms with Gasteiger partial charge in [-0.25, -0.2) is 15.0 Å². The zero-order valence-electron chi connectivity index (χ0n) is 28.3. The van der Waals surface area contributed by atoms with E-state index in [-0.39, 0.29) is 0 Å². The lowest BCUT2D eigenvalue weighted by molar-refractivity contribution is 1.05. The molecule has 0 saturated heterocycles. The van der Waals surface area contributed by atoms with E-state index in [4.69, 9.17) is 15.0 Å². The number of rotatable bonds is 5. The number of benzene rings is 7. The summed E-state index contributed by atoms with van der Waals surface area (Å²) in [5.74, 6) is 1.51. The standard InChI is InChI=1S/C47H28N4S2/c1-2-12-29(13-3-1)47-50-45-33(19-11-23-42(45)53-47)30-14-10-15-32(26-30)46-48-38(31-24-25-37-36-18-6-9-22-41(36)52-43(37)27-31)28-44(49-46)51-39-20-7-4-16-34(39)35-17-5-8-21-40(35)51/h1-28H. The van der Waals surface area contributed by atoms with Crippen molar-refractivity contribution in [2.24, 2.45) is 0 Å². The summed E-state index contributed by atoms with van der Waals surface area (Å²) in [5.41, 5.74) is 9.43. The molecule has 0 saturated carbocycles. The fourth-order valence-electron chi connectivity index (χ4n) is 7.59. The molecule has 0 aliphatic heterocycles. The van der Waals surface area contributed by atoms with E-state index in [1.807, 2.05) is 17.4 Å². The van der Waals surface area contributed by atoms with Crippen LogP contribution in [0.4, 0.5) is 0 Å². The normalized spacial score (nSPS) is 11.8. The van der Waals surface area contributed by atoms with E-state index < -0.39 is 0 Å². The summed E-state index contributed by atoms with van der Waals surface area (Å²) in [4.78, 5) is 15.8. The van der Waals surface area contributed by atoms with Crippen LogP contribution in [0, 0.1) is 0 Å². The van der Waals surface area contributed by atoms with E-state index in [1.165, 1.54) is 30.9 Å². The molecule has 0 aliphatic rings. The summed E-state index contributed by atoms with van der Waals surface area (Å²) >= 11 is 3.55. The second-order valence-corrected chi connectivity index (χ2v) is 15.3. The third-order valence-electron chi connectivity index (χ3n) is 10.1. The number of para-hydroxylation sites is 3. The van der Waals surface area contributed by atoms with Crippen LogP contribution < -0.4 is 0 Å². The van der Waals surface area contributed by atoms with Gasteiger partial charge in [-0.2, -0.15) is 0 Å². The molecule has 0 N–H and O–H groups in total. The highest BCUT2D eigenvalue weighted by Gasteiger charge is 2.18. The second-order valence-electron chi connectivity index (χ2n) is 13.2. The molecule has 11 aromatic rings. The van der Waals surface area contributed by atoms with Crippen molar-refractivity contribution in [3.63, 3.8) is 0 Å². The Labute approximate surface area is 312 Å². The van der Waals surface area contributed by atoms with Gasteiger partial charge >= 0.3 is 0 Å². The van der Waals surface area contributed by atoms with Crippen molar-refractivity contribution in [1.29, 1.82) is 0 Å². The molecule has 0 amide bonds. The predicted octanol–water partition coefficient (Wildman–Crippen LogP) is 13.2. The van der Waals surface area contributed by atoms with E-state index in [9.17, 15) is 0 Å². The molecular formula is C47H28N4S2. The molecule has 0 radical (unpaired) electrons. The molecule has 7 aromatic carbocycles. The number of thiophene rings is 1. The van der Waals surface area contributed by atoms with Gasteiger partial charge in [-0.15, -0.1) is 22.7 Å². The smallest absolute Gasteiger partial charge is 0.162 e. The molecule has 4 nitrogen and oxygen atoms in total. The van der Waals surface area contributed by atoms with Crippen LogP contribution in [0.3, 0.4) is 0 Å². The van der Waals surface area contributed by atoms with Gasteiger partial charge in [-0.1, -0.05) is 127 Å². The quantitative estimate of drug-likeness (QED) is 0.178. The summed E-state index contributed by atoms with van der Waals surface area (Å²) in [5, 5.41) is 5.97. The van der Waals surface area contributed by atoms with Gasteiger partial charge in [0.05, 0.1) is 26.9 Å². The van der Waals surface area contributed by atoms with Gasteiger partial charge in [-0.3, -0.25) is 4.57 Å². The number of thiazole rings is 1. The molecule has 4 aromatic heterocycles. The fraction of sp³-hybridized carbons (Fsp3) is 0. The number of aromatic nitrogens is 4. The Morgan fingerprint density at radius 3 is 1.89 bits per heavy atom. The molecular weight excluding hydrogens is 685 g/mol. The van der Waals surface area contributed by atoms with Crippen molar-refractivity contribution in [2.45, 2.75) is 0 Å². The van der Waals surface area contributed by atoms with Crippen molar-refractivity contribution in [3.8, 4) is 50.2 Å². The summed E-state index contributed by atoms with van der Waals surface area (Å²) in [6, 6.07) is 60.1. The molecule has 0 aliphatic carbocycles. The van der Waals surface area contributed by atoms with Crippen LogP contribution in [0.1, 0.15) is 0 Å². The summed E-state index contributed by atoms with van der Waals surface area (Å²) in [7, 11) is 0. The van der Waals surface area contributed by atoms with Gasteiger partial charge < -0.3 is 0 Å². The summed E-state index contributed by atoms with van der Waals surface area (Å²) < 4.78 is 5.98. The molecule has 0 bridgehead atoms. The minimum absolute atomic E-state index is 0.674. The number of hydrogen-bond donors (Lipinski definition) is 0. The fourth-order valence-corrected chi connectivity index (χ4v) is 9.74. The average Bonchev–Trinajstić information content (AvgIpc) is 3.93. The van der Waals surface area contributed by atoms with Crippen LogP contribution in [-0.4, -0.2) is 19.5 Å². The van der Waals surface area contributed by atoms with Crippen LogP contribution in [0.15, 0.2) is 170 Å². The largest absolute Gasteiger partial charge is 0.294 e. The monoisotopic (exact) mass is 712 g/mol. The van der Waals surface area contributed by atoms with Crippen molar-refractivity contribution in [3.05, 3.63) is 170 Å². The highest BCUT2D eigenvalue weighted by molar-refractivity contribution is 7.25. The Morgan fingerprint density at radius 2 is 1.06 bits per heavy atom. The molecule has 0 atom stereocenters. The molecule has 53 heavy (non-hydrogen) atoms. The van der Waals surface area contributed by atoms with Crippen LogP contribution in [0.2, 0.25) is 0 Å². The lowest BCUT2D eigenvalue weighted by Crippen LogP contribution is -2.02. The third kappa shape index (κ3) is 4.99. The number of nitrogens with zero attached hydrogens (tertiary/aromatic N) is 4. The minimum Gasteiger partial charge on any atom is -0.294 e. The van der Waals surface area contributed by atoms with Gasteiger partial charge in [-0.05, 0) is 42.0 Å². The number of fused-ring (bicyclic) bond motifs is 7. The van der Waals surface area contributed by atoms with E-state index in [0.717, 1.165) is 65.6 Å². The second kappa shape index (κ2) is 12.1. The molecule has 6 heteroatoms. The first-order valence-electron chi connectivity index (χ1n) is 17.6. The average molecular weight is 713 g/mol. The van der Waals surface area contributed by atoms with E-state index in [2.05, 4.69) is 168 Å². The third-order valence-corrected chi connectivity index (χ3v) is 12.3. The van der Waals surface area contributed by atoms with Gasteiger partial charge in [0.2, 0.25) is 0 Å². The zero-order valence-corrected chi connectivity index (χ0v) is 29.9. The Morgan fingerprint density at radius 1 is 0.396 bits per heavy atom. The molecule has 0 fully saturated rings. The van der Waals surface area contributed by atoms with Crippen LogP contribution in [0.5, 0.6) is 0 Å². The Kier molecular flexibility index (Phi) is 6.87. The van der Waals surface area contributed by atoms with Gasteiger partial charge in [0, 0.05) is 59.3 Å². The van der Waals surface area contributed by atoms with Gasteiger partial charge in [0.1, 0.15) is 10.8 Å². The van der Waals surface area contributed by atoms with Crippen molar-refractivity contribution < 1.29 is 0 Å². The summed E-state index contributed by atoms with van der Waals surface area (Å²) in [6.45, 7) is 0. The molecule has 248 valence electrons. The maximum absolute atomic E-state index is 5.35. The minimum atomic E-state index is 0.674. The Bertz CT molecular complexity index is 3140. The van der Waals surface area contributed by atoms with Crippen molar-refractivity contribution in [2.75, 3.05) is 0 Å². The van der Waals surface area contributed by atoms with Crippen LogP contribution >= 0.6 is 22.7 Å². The van der Waals surface area contributed by atoms with Gasteiger partial charge in [0.15, 0.2) is 5.82 Å². The van der Waals surface area contributed by atoms with Gasteiger partial charge in [0.25, 0.3) is 0 Å². The van der Waals surface area contributed by atoms with E-state index >= 15 is 0 Å². The first kappa shape index (κ1) is 30.2. The predicted molar refractivity (Wildman–Crippen MR) is 224 cm³/mol. The molecule has 0 unspecified atom stereocenters. The zero-order chi connectivity index (χ0) is 34.9. The summed E-state index contributed by atoms with van der Waals surface area (Å²) in [6.07, 6.45) is 0. The Hall–Kier alpha value is -6.47. The lowest BCUT2D eigenvalue weighted by Gasteiger charge is -2.13. The molecule has 11 rings (SSSR count). The van der Waals surface area contributed by atoms with E-state index in [1.54, 1.807) is 11.3 Å². The van der Waals surface area contributed by atoms with E-state index in [0.29, 0.717) is 5.82 Å². The lowest BCUT2D eigenvalue weighted by atomic mass is 10.0. The maximum atomic E-state index is 5.35. The first-order valence-corrected chi connectivity index (χ1v) is 19.2. The molecule has 0 spiro atoms. The molecule has 4 heterocycles. The maximum Gasteiger partial charge on any atom is 0.162 e. The Balaban J connectivity index is 1.11. The van der Waals surface area contributed by atoms with Crippen LogP contribution in [-0.2, 0) is 0 Å².